The van der Waals surface area contributed by atoms with Gasteiger partial charge in [0, 0.05) is 0 Å². The summed E-state index contributed by atoms with van der Waals surface area (Å²) in [6.07, 6.45) is 3.05. The maximum absolute atomic E-state index is 3.30. The molecule has 1 radical (unpaired) electrons. The quantitative estimate of drug-likeness (QED) is 0.313. The first-order chi connectivity index (χ1) is 10.4. The van der Waals surface area contributed by atoms with E-state index >= 15 is 0 Å². The Labute approximate surface area is 161 Å². The molecule has 0 amide bonds. The van der Waals surface area contributed by atoms with Crippen molar-refractivity contribution in [2.45, 2.75) is 27.7 Å². The van der Waals surface area contributed by atoms with Gasteiger partial charge in [-0.3, -0.25) is 0 Å². The van der Waals surface area contributed by atoms with Crippen molar-refractivity contribution in [3.63, 3.8) is 0 Å². The van der Waals surface area contributed by atoms with Crippen LogP contribution in [0.2, 0.25) is 0 Å². The second kappa shape index (κ2) is 12.1. The van der Waals surface area contributed by atoms with Crippen molar-refractivity contribution in [3.05, 3.63) is 96.4 Å². The van der Waals surface area contributed by atoms with Gasteiger partial charge in [0.05, 0.1) is 0 Å². The summed E-state index contributed by atoms with van der Waals surface area (Å²) in [6.45, 7) is 4.00. The van der Waals surface area contributed by atoms with E-state index in [0.717, 1.165) is 6.42 Å². The molecule has 3 aromatic rings. The van der Waals surface area contributed by atoms with Crippen LogP contribution in [0, 0.1) is 12.5 Å². The van der Waals surface area contributed by atoms with Crippen LogP contribution in [0.4, 0.5) is 0 Å². The summed E-state index contributed by atoms with van der Waals surface area (Å²) in [7, 11) is 0. The number of hydrogen-bond acceptors (Lipinski definition) is 0. The SMILES string of the molecule is C.C[CH-]C.[Zr+3].[c-]1cccc2c1Cc1ccccc1-2.c1cc[cH-]c1. The first-order valence-electron chi connectivity index (χ1n) is 7.35. The third-order valence-corrected chi connectivity index (χ3v) is 3.17. The van der Waals surface area contributed by atoms with Crippen LogP contribution in [0.5, 0.6) is 0 Å². The molecule has 0 nitrogen and oxygen atoms in total. The molecule has 0 aromatic heterocycles. The zero-order chi connectivity index (χ0) is 14.9. The van der Waals surface area contributed by atoms with Crippen LogP contribution in [0.1, 0.15) is 32.4 Å². The maximum Gasteiger partial charge on any atom is 3.00 e. The molecule has 0 heterocycles. The molecular formula is C22H25Zr. The molecule has 1 aliphatic carbocycles. The summed E-state index contributed by atoms with van der Waals surface area (Å²) in [5.41, 5.74) is 5.51. The van der Waals surface area contributed by atoms with Crippen molar-refractivity contribution in [2.24, 2.45) is 0 Å². The zero-order valence-corrected chi connectivity index (χ0v) is 15.7. The van der Waals surface area contributed by atoms with E-state index < -0.39 is 0 Å². The summed E-state index contributed by atoms with van der Waals surface area (Å²) in [6, 6.07) is 28.1. The molecule has 1 heteroatoms. The molecule has 1 aliphatic rings. The fourth-order valence-corrected chi connectivity index (χ4v) is 2.32. The van der Waals surface area contributed by atoms with Gasteiger partial charge >= 0.3 is 26.2 Å². The Balaban J connectivity index is 0.000000413. The Hall–Kier alpha value is -1.33. The smallest absolute Gasteiger partial charge is 0.335 e. The van der Waals surface area contributed by atoms with Crippen LogP contribution < -0.4 is 0 Å². The number of rotatable bonds is 0. The third-order valence-electron chi connectivity index (χ3n) is 3.17. The number of benzene rings is 2. The minimum atomic E-state index is 0. The molecule has 0 saturated carbocycles. The molecule has 0 aliphatic heterocycles. The van der Waals surface area contributed by atoms with Gasteiger partial charge in [-0.1, -0.05) is 42.8 Å². The van der Waals surface area contributed by atoms with Gasteiger partial charge in [0.25, 0.3) is 0 Å². The van der Waals surface area contributed by atoms with Gasteiger partial charge in [0.2, 0.25) is 0 Å². The molecule has 0 unspecified atom stereocenters. The van der Waals surface area contributed by atoms with Gasteiger partial charge in [0.15, 0.2) is 0 Å². The van der Waals surface area contributed by atoms with Gasteiger partial charge in [-0.05, 0) is 6.42 Å². The molecule has 0 N–H and O–H groups in total. The van der Waals surface area contributed by atoms with Crippen molar-refractivity contribution >= 4 is 0 Å². The monoisotopic (exact) mass is 379 g/mol. The van der Waals surface area contributed by atoms with Crippen LogP contribution in [-0.2, 0) is 32.6 Å². The minimum Gasteiger partial charge on any atom is -0.335 e. The van der Waals surface area contributed by atoms with E-state index in [4.69, 9.17) is 0 Å². The van der Waals surface area contributed by atoms with E-state index in [1.165, 1.54) is 22.3 Å². The normalized spacial score (nSPS) is 9.48. The Morgan fingerprint density at radius 1 is 0.913 bits per heavy atom. The average Bonchev–Trinajstić information content (AvgIpc) is 3.19. The number of hydrogen-bond donors (Lipinski definition) is 0. The van der Waals surface area contributed by atoms with Crippen LogP contribution >= 0.6 is 0 Å². The van der Waals surface area contributed by atoms with Gasteiger partial charge < -0.3 is 6.42 Å². The Morgan fingerprint density at radius 2 is 1.52 bits per heavy atom. The largest absolute Gasteiger partial charge is 3.00 e. The molecule has 0 saturated heterocycles. The fourth-order valence-electron chi connectivity index (χ4n) is 2.32. The van der Waals surface area contributed by atoms with E-state index in [1.54, 1.807) is 0 Å². The van der Waals surface area contributed by atoms with Crippen molar-refractivity contribution in [3.8, 4) is 11.1 Å². The second-order valence-electron chi connectivity index (χ2n) is 4.94. The molecule has 4 rings (SSSR count). The maximum atomic E-state index is 3.30. The van der Waals surface area contributed by atoms with E-state index in [0.29, 0.717) is 0 Å². The summed E-state index contributed by atoms with van der Waals surface area (Å²) in [5.74, 6) is 0. The van der Waals surface area contributed by atoms with Gasteiger partial charge in [-0.25, -0.2) is 12.1 Å². The van der Waals surface area contributed by atoms with Crippen molar-refractivity contribution < 1.29 is 26.2 Å². The summed E-state index contributed by atoms with van der Waals surface area (Å²) in [5, 5.41) is 0. The molecule has 3 aromatic carbocycles. The Morgan fingerprint density at radius 3 is 2.13 bits per heavy atom. The van der Waals surface area contributed by atoms with Crippen LogP contribution in [0.15, 0.2) is 72.8 Å². The van der Waals surface area contributed by atoms with E-state index in [9.17, 15) is 0 Å². The predicted molar refractivity (Wildman–Crippen MR) is 97.9 cm³/mol. The molecule has 0 spiro atoms. The average molecular weight is 381 g/mol. The van der Waals surface area contributed by atoms with Gasteiger partial charge in [-0.2, -0.15) is 61.9 Å². The van der Waals surface area contributed by atoms with Gasteiger partial charge in [-0.15, -0.1) is 5.56 Å². The predicted octanol–water partition coefficient (Wildman–Crippen LogP) is 6.33. The molecule has 0 fully saturated rings. The summed E-state index contributed by atoms with van der Waals surface area (Å²) in [4.78, 5) is 0. The molecule has 0 atom stereocenters. The molecular weight excluding hydrogens is 355 g/mol. The van der Waals surface area contributed by atoms with Crippen molar-refractivity contribution in [1.82, 2.24) is 0 Å². The first kappa shape index (κ1) is 21.7. The molecule has 117 valence electrons. The third kappa shape index (κ3) is 6.36. The fraction of sp³-hybridized carbons (Fsp3) is 0.182. The van der Waals surface area contributed by atoms with E-state index in [1.807, 2.05) is 56.7 Å². The Bertz CT molecular complexity index is 578. The Kier molecular flexibility index (Phi) is 11.4. The zero-order valence-electron chi connectivity index (χ0n) is 13.2. The van der Waals surface area contributed by atoms with Crippen molar-refractivity contribution in [1.29, 1.82) is 0 Å². The second-order valence-corrected chi connectivity index (χ2v) is 4.94. The molecule has 0 bridgehead atoms. The van der Waals surface area contributed by atoms with Crippen molar-refractivity contribution in [2.75, 3.05) is 0 Å². The van der Waals surface area contributed by atoms with Gasteiger partial charge in [0.1, 0.15) is 0 Å². The van der Waals surface area contributed by atoms with Crippen LogP contribution in [0.25, 0.3) is 11.1 Å². The topological polar surface area (TPSA) is 0 Å². The number of fused-ring (bicyclic) bond motifs is 3. The summed E-state index contributed by atoms with van der Waals surface area (Å²) >= 11 is 0. The van der Waals surface area contributed by atoms with E-state index in [2.05, 4.69) is 42.5 Å². The standard InChI is InChI=1S/C13H9.C5H5.C3H7.CH4.Zr/c1-3-7-12-10(5-1)9-11-6-2-4-8-13(11)12;1-2-4-5-3-1;1-3-2;;/h1-5,7-8H,9H2;1-5H;3H,1-2H3;1H4;/q3*-1;;+3. The van der Waals surface area contributed by atoms with Crippen LogP contribution in [0.3, 0.4) is 0 Å². The minimum absolute atomic E-state index is 0. The van der Waals surface area contributed by atoms with Crippen LogP contribution in [-0.4, -0.2) is 0 Å². The first-order valence-corrected chi connectivity index (χ1v) is 7.35. The molecule has 23 heavy (non-hydrogen) atoms. The van der Waals surface area contributed by atoms with E-state index in [-0.39, 0.29) is 33.6 Å². The summed E-state index contributed by atoms with van der Waals surface area (Å²) < 4.78 is 0.